The molecule has 3 N–H and O–H groups in total. The Morgan fingerprint density at radius 2 is 1.68 bits per heavy atom. The molecule has 3 rings (SSSR count). The number of hydrogen-bond donors (Lipinski definition) is 3. The van der Waals surface area contributed by atoms with Crippen LogP contribution in [0.15, 0.2) is 54.6 Å². The number of carbonyl (C=O) groups is 1. The average molecular weight is 340 g/mol. The van der Waals surface area contributed by atoms with Crippen molar-refractivity contribution in [3.63, 3.8) is 0 Å². The van der Waals surface area contributed by atoms with Gasteiger partial charge in [0, 0.05) is 18.2 Å². The predicted molar refractivity (Wildman–Crippen MR) is 96.6 cm³/mol. The Morgan fingerprint density at radius 1 is 1.00 bits per heavy atom. The van der Waals surface area contributed by atoms with Gasteiger partial charge in [-0.2, -0.15) is 0 Å². The highest BCUT2D eigenvalue weighted by molar-refractivity contribution is 5.74. The fourth-order valence-corrected chi connectivity index (χ4v) is 3.00. The first-order chi connectivity index (χ1) is 12.2. The minimum absolute atomic E-state index is 0.138. The zero-order valence-electron chi connectivity index (χ0n) is 14.2. The van der Waals surface area contributed by atoms with E-state index in [-0.39, 0.29) is 18.2 Å². The van der Waals surface area contributed by atoms with Crippen molar-refractivity contribution in [1.29, 1.82) is 0 Å². The van der Waals surface area contributed by atoms with Crippen LogP contribution in [-0.2, 0) is 6.54 Å². The van der Waals surface area contributed by atoms with Gasteiger partial charge in [-0.15, -0.1) is 0 Å². The van der Waals surface area contributed by atoms with Crippen LogP contribution in [0.25, 0.3) is 0 Å². The Balaban J connectivity index is 1.53. The van der Waals surface area contributed by atoms with Gasteiger partial charge in [0.15, 0.2) is 0 Å². The van der Waals surface area contributed by atoms with Crippen LogP contribution in [0, 0.1) is 0 Å². The third kappa shape index (κ3) is 5.22. The summed E-state index contributed by atoms with van der Waals surface area (Å²) in [5, 5.41) is 15.4. The van der Waals surface area contributed by atoms with Crippen LogP contribution in [0.1, 0.15) is 31.2 Å². The molecule has 0 heterocycles. The summed E-state index contributed by atoms with van der Waals surface area (Å²) in [5.74, 6) is 1.50. The second-order valence-corrected chi connectivity index (χ2v) is 6.36. The zero-order chi connectivity index (χ0) is 17.5. The van der Waals surface area contributed by atoms with Gasteiger partial charge in [0.05, 0.1) is 6.10 Å². The number of amides is 2. The molecule has 132 valence electrons. The third-order valence-electron chi connectivity index (χ3n) is 4.41. The number of ether oxygens (including phenoxy) is 1. The maximum Gasteiger partial charge on any atom is 0.315 e. The lowest BCUT2D eigenvalue weighted by Crippen LogP contribution is -2.43. The van der Waals surface area contributed by atoms with Crippen LogP contribution >= 0.6 is 0 Å². The van der Waals surface area contributed by atoms with Crippen molar-refractivity contribution in [3.05, 3.63) is 60.2 Å². The molecule has 2 aromatic carbocycles. The minimum Gasteiger partial charge on any atom is -0.457 e. The maximum atomic E-state index is 12.1. The van der Waals surface area contributed by atoms with Gasteiger partial charge in [0.2, 0.25) is 0 Å². The highest BCUT2D eigenvalue weighted by Gasteiger charge is 2.20. The molecule has 0 saturated heterocycles. The van der Waals surface area contributed by atoms with E-state index in [1.165, 1.54) is 0 Å². The number of aliphatic hydroxyl groups excluding tert-OH is 1. The van der Waals surface area contributed by atoms with E-state index in [1.807, 2.05) is 54.6 Å². The normalized spacial score (nSPS) is 19.9. The van der Waals surface area contributed by atoms with Crippen molar-refractivity contribution >= 4 is 6.03 Å². The van der Waals surface area contributed by atoms with E-state index in [0.29, 0.717) is 6.54 Å². The maximum absolute atomic E-state index is 12.1. The molecule has 5 nitrogen and oxygen atoms in total. The number of benzene rings is 2. The number of rotatable bonds is 5. The molecule has 1 fully saturated rings. The SMILES string of the molecule is O=C(NCc1ccccc1Oc1ccccc1)NC1CCC(O)CC1. The number of para-hydroxylation sites is 2. The van der Waals surface area contributed by atoms with E-state index in [4.69, 9.17) is 4.74 Å². The standard InChI is InChI=1S/C20H24N2O3/c23-17-12-10-16(11-13-17)22-20(24)21-14-15-6-4-5-9-19(15)25-18-7-2-1-3-8-18/h1-9,16-17,23H,10-14H2,(H2,21,22,24). The van der Waals surface area contributed by atoms with Crippen LogP contribution in [0.4, 0.5) is 4.79 Å². The van der Waals surface area contributed by atoms with Crippen molar-refractivity contribution in [2.24, 2.45) is 0 Å². The van der Waals surface area contributed by atoms with Crippen LogP contribution < -0.4 is 15.4 Å². The van der Waals surface area contributed by atoms with Crippen LogP contribution in [0.5, 0.6) is 11.5 Å². The van der Waals surface area contributed by atoms with Crippen molar-refractivity contribution < 1.29 is 14.6 Å². The molecule has 1 saturated carbocycles. The molecule has 0 aliphatic heterocycles. The average Bonchev–Trinajstić information content (AvgIpc) is 2.64. The Morgan fingerprint density at radius 3 is 2.44 bits per heavy atom. The lowest BCUT2D eigenvalue weighted by atomic mass is 9.93. The van der Waals surface area contributed by atoms with Gasteiger partial charge in [-0.05, 0) is 43.9 Å². The van der Waals surface area contributed by atoms with Crippen LogP contribution in [-0.4, -0.2) is 23.3 Å². The minimum atomic E-state index is -0.219. The quantitative estimate of drug-likeness (QED) is 0.779. The molecular formula is C20H24N2O3. The van der Waals surface area contributed by atoms with Crippen molar-refractivity contribution in [2.75, 3.05) is 0 Å². The van der Waals surface area contributed by atoms with Crippen molar-refractivity contribution in [2.45, 2.75) is 44.4 Å². The number of carbonyl (C=O) groups excluding carboxylic acids is 1. The van der Waals surface area contributed by atoms with E-state index in [2.05, 4.69) is 10.6 Å². The fraction of sp³-hybridized carbons (Fsp3) is 0.350. The molecule has 1 aliphatic carbocycles. The number of aliphatic hydroxyl groups is 1. The molecule has 0 radical (unpaired) electrons. The Kier molecular flexibility index (Phi) is 5.90. The smallest absolute Gasteiger partial charge is 0.315 e. The zero-order valence-corrected chi connectivity index (χ0v) is 14.2. The van der Waals surface area contributed by atoms with E-state index >= 15 is 0 Å². The Bertz CT molecular complexity index is 682. The molecule has 0 aromatic heterocycles. The van der Waals surface area contributed by atoms with Crippen LogP contribution in [0.2, 0.25) is 0 Å². The molecule has 0 unspecified atom stereocenters. The first-order valence-corrected chi connectivity index (χ1v) is 8.74. The molecule has 2 amide bonds. The summed E-state index contributed by atoms with van der Waals surface area (Å²) in [6.45, 7) is 0.393. The summed E-state index contributed by atoms with van der Waals surface area (Å²) < 4.78 is 5.90. The second-order valence-electron chi connectivity index (χ2n) is 6.36. The van der Waals surface area contributed by atoms with Crippen LogP contribution in [0.3, 0.4) is 0 Å². The highest BCUT2D eigenvalue weighted by atomic mass is 16.5. The van der Waals surface area contributed by atoms with Gasteiger partial charge in [0.1, 0.15) is 11.5 Å². The van der Waals surface area contributed by atoms with Gasteiger partial charge in [-0.3, -0.25) is 0 Å². The molecule has 1 aliphatic rings. The van der Waals surface area contributed by atoms with E-state index in [1.54, 1.807) is 0 Å². The van der Waals surface area contributed by atoms with E-state index in [0.717, 1.165) is 42.7 Å². The lowest BCUT2D eigenvalue weighted by Gasteiger charge is -2.26. The summed E-state index contributed by atoms with van der Waals surface area (Å²) in [5.41, 5.74) is 0.917. The van der Waals surface area contributed by atoms with Gasteiger partial charge >= 0.3 is 6.03 Å². The van der Waals surface area contributed by atoms with E-state index < -0.39 is 0 Å². The monoisotopic (exact) mass is 340 g/mol. The van der Waals surface area contributed by atoms with Gasteiger partial charge in [0.25, 0.3) is 0 Å². The van der Waals surface area contributed by atoms with Gasteiger partial charge < -0.3 is 20.5 Å². The van der Waals surface area contributed by atoms with E-state index in [9.17, 15) is 9.90 Å². The largest absolute Gasteiger partial charge is 0.457 e. The fourth-order valence-electron chi connectivity index (χ4n) is 3.00. The molecule has 2 aromatic rings. The molecule has 25 heavy (non-hydrogen) atoms. The molecule has 0 bridgehead atoms. The molecular weight excluding hydrogens is 316 g/mol. The summed E-state index contributed by atoms with van der Waals surface area (Å²) >= 11 is 0. The molecule has 0 spiro atoms. The first kappa shape index (κ1) is 17.3. The number of urea groups is 1. The summed E-state index contributed by atoms with van der Waals surface area (Å²) in [4.78, 5) is 12.1. The Hall–Kier alpha value is -2.53. The Labute approximate surface area is 148 Å². The topological polar surface area (TPSA) is 70.6 Å². The van der Waals surface area contributed by atoms with Crippen molar-refractivity contribution in [1.82, 2.24) is 10.6 Å². The third-order valence-corrected chi connectivity index (χ3v) is 4.41. The van der Waals surface area contributed by atoms with Gasteiger partial charge in [-0.25, -0.2) is 4.79 Å². The highest BCUT2D eigenvalue weighted by Crippen LogP contribution is 2.25. The summed E-state index contributed by atoms with van der Waals surface area (Å²) in [6.07, 6.45) is 2.92. The number of hydrogen-bond acceptors (Lipinski definition) is 3. The predicted octanol–water partition coefficient (Wildman–Crippen LogP) is 3.58. The summed E-state index contributed by atoms with van der Waals surface area (Å²) in [7, 11) is 0. The second kappa shape index (κ2) is 8.53. The lowest BCUT2D eigenvalue weighted by molar-refractivity contribution is 0.117. The summed E-state index contributed by atoms with van der Waals surface area (Å²) in [6, 6.07) is 17.2. The molecule has 5 heteroatoms. The molecule has 0 atom stereocenters. The number of nitrogens with one attached hydrogen (secondary N) is 2. The first-order valence-electron chi connectivity index (χ1n) is 8.74. The van der Waals surface area contributed by atoms with Crippen molar-refractivity contribution in [3.8, 4) is 11.5 Å². The van der Waals surface area contributed by atoms with Gasteiger partial charge in [-0.1, -0.05) is 36.4 Å².